The van der Waals surface area contributed by atoms with Gasteiger partial charge in [-0.05, 0) is 12.5 Å². The van der Waals surface area contributed by atoms with Gasteiger partial charge in [0.1, 0.15) is 6.61 Å². The Morgan fingerprint density at radius 3 is 2.80 bits per heavy atom. The fourth-order valence-electron chi connectivity index (χ4n) is 2.07. The summed E-state index contributed by atoms with van der Waals surface area (Å²) in [5.74, 6) is 1.33. The van der Waals surface area contributed by atoms with Crippen molar-refractivity contribution in [1.29, 1.82) is 0 Å². The molecule has 0 bridgehead atoms. The van der Waals surface area contributed by atoms with E-state index in [0.717, 1.165) is 5.56 Å². The van der Waals surface area contributed by atoms with Gasteiger partial charge in [0.15, 0.2) is 5.82 Å². The predicted molar refractivity (Wildman–Crippen MR) is 70.0 cm³/mol. The van der Waals surface area contributed by atoms with Crippen molar-refractivity contribution >= 4 is 6.09 Å². The monoisotopic (exact) mass is 273 g/mol. The molecule has 1 aliphatic heterocycles. The maximum absolute atomic E-state index is 11.8. The molecule has 1 aromatic carbocycles. The van der Waals surface area contributed by atoms with Crippen molar-refractivity contribution in [3.63, 3.8) is 0 Å². The molecule has 1 amide bonds. The van der Waals surface area contributed by atoms with Gasteiger partial charge in [-0.1, -0.05) is 35.5 Å². The molecule has 0 atom stereocenters. The lowest BCUT2D eigenvalue weighted by atomic mass is 10.0. The third kappa shape index (κ3) is 2.64. The van der Waals surface area contributed by atoms with Crippen LogP contribution < -0.4 is 0 Å². The Kier molecular flexibility index (Phi) is 3.37. The second-order valence-electron chi connectivity index (χ2n) is 4.82. The molecule has 0 radical (unpaired) electrons. The van der Waals surface area contributed by atoms with Crippen molar-refractivity contribution in [2.24, 2.45) is 0 Å². The number of ether oxygens (including phenoxy) is 1. The minimum Gasteiger partial charge on any atom is -0.445 e. The summed E-state index contributed by atoms with van der Waals surface area (Å²) < 4.78 is 10.3. The maximum Gasteiger partial charge on any atom is 0.410 e. The van der Waals surface area contributed by atoms with E-state index in [1.807, 2.05) is 30.3 Å². The van der Waals surface area contributed by atoms with Crippen molar-refractivity contribution in [2.75, 3.05) is 13.1 Å². The molecule has 104 valence electrons. The average molecular weight is 273 g/mol. The molecule has 1 fully saturated rings. The van der Waals surface area contributed by atoms with Crippen LogP contribution in [0.3, 0.4) is 0 Å². The van der Waals surface area contributed by atoms with E-state index in [4.69, 9.17) is 9.26 Å². The largest absolute Gasteiger partial charge is 0.445 e. The van der Waals surface area contributed by atoms with Crippen LogP contribution in [0.15, 0.2) is 34.9 Å². The number of likely N-dealkylation sites (tertiary alicyclic amines) is 1. The maximum atomic E-state index is 11.8. The first-order valence-corrected chi connectivity index (χ1v) is 6.48. The van der Waals surface area contributed by atoms with Crippen LogP contribution in [0, 0.1) is 6.92 Å². The summed E-state index contributed by atoms with van der Waals surface area (Å²) in [6.45, 7) is 3.20. The van der Waals surface area contributed by atoms with Gasteiger partial charge in [-0.2, -0.15) is 4.98 Å². The summed E-state index contributed by atoms with van der Waals surface area (Å²) in [7, 11) is 0. The first-order chi connectivity index (χ1) is 9.72. The fraction of sp³-hybridized carbons (Fsp3) is 0.357. The normalized spacial score (nSPS) is 14.9. The van der Waals surface area contributed by atoms with Gasteiger partial charge < -0.3 is 14.2 Å². The molecule has 20 heavy (non-hydrogen) atoms. The quantitative estimate of drug-likeness (QED) is 0.856. The number of amides is 1. The Balaban J connectivity index is 1.46. The Hall–Kier alpha value is -2.37. The van der Waals surface area contributed by atoms with Gasteiger partial charge >= 0.3 is 6.09 Å². The van der Waals surface area contributed by atoms with Crippen LogP contribution >= 0.6 is 0 Å². The molecule has 1 saturated heterocycles. The van der Waals surface area contributed by atoms with Gasteiger partial charge in [0.05, 0.1) is 5.92 Å². The summed E-state index contributed by atoms with van der Waals surface area (Å²) >= 11 is 0. The number of aromatic nitrogens is 2. The van der Waals surface area contributed by atoms with E-state index < -0.39 is 0 Å². The zero-order valence-electron chi connectivity index (χ0n) is 11.2. The molecule has 2 heterocycles. The number of aryl methyl sites for hydroxylation is 1. The Morgan fingerprint density at radius 1 is 1.40 bits per heavy atom. The third-order valence-corrected chi connectivity index (χ3v) is 3.24. The van der Waals surface area contributed by atoms with E-state index in [0.29, 0.717) is 31.4 Å². The molecule has 0 unspecified atom stereocenters. The van der Waals surface area contributed by atoms with Gasteiger partial charge in [0.25, 0.3) is 0 Å². The lowest BCUT2D eigenvalue weighted by Crippen LogP contribution is -2.48. The Labute approximate surface area is 116 Å². The second-order valence-corrected chi connectivity index (χ2v) is 4.82. The summed E-state index contributed by atoms with van der Waals surface area (Å²) in [4.78, 5) is 17.6. The first kappa shape index (κ1) is 12.7. The van der Waals surface area contributed by atoms with Crippen molar-refractivity contribution in [3.8, 4) is 0 Å². The molecule has 0 spiro atoms. The SMILES string of the molecule is Cc1noc(C2CN(C(=O)OCc3ccccc3)C2)n1. The number of carbonyl (C=O) groups is 1. The Bertz CT molecular complexity index is 591. The summed E-state index contributed by atoms with van der Waals surface area (Å²) in [6, 6.07) is 9.61. The van der Waals surface area contributed by atoms with Gasteiger partial charge in [-0.3, -0.25) is 0 Å². The second kappa shape index (κ2) is 5.32. The minimum absolute atomic E-state index is 0.125. The van der Waals surface area contributed by atoms with E-state index >= 15 is 0 Å². The topological polar surface area (TPSA) is 68.5 Å². The fourth-order valence-corrected chi connectivity index (χ4v) is 2.07. The van der Waals surface area contributed by atoms with E-state index in [2.05, 4.69) is 10.1 Å². The van der Waals surface area contributed by atoms with Crippen LogP contribution in [0.2, 0.25) is 0 Å². The standard InChI is InChI=1S/C14H15N3O3/c1-10-15-13(20-16-10)12-7-17(8-12)14(18)19-9-11-5-3-2-4-6-11/h2-6,12H,7-9H2,1H3. The summed E-state index contributed by atoms with van der Waals surface area (Å²) in [5, 5.41) is 3.74. The van der Waals surface area contributed by atoms with Crippen LogP contribution in [-0.2, 0) is 11.3 Å². The highest BCUT2D eigenvalue weighted by atomic mass is 16.6. The van der Waals surface area contributed by atoms with E-state index in [1.54, 1.807) is 11.8 Å². The molecule has 0 N–H and O–H groups in total. The zero-order chi connectivity index (χ0) is 13.9. The van der Waals surface area contributed by atoms with Crippen LogP contribution in [0.25, 0.3) is 0 Å². The van der Waals surface area contributed by atoms with Crippen LogP contribution in [0.5, 0.6) is 0 Å². The van der Waals surface area contributed by atoms with Crippen LogP contribution in [-0.4, -0.2) is 34.2 Å². The molecule has 2 aromatic rings. The average Bonchev–Trinajstić information content (AvgIpc) is 2.82. The van der Waals surface area contributed by atoms with E-state index in [-0.39, 0.29) is 12.0 Å². The highest BCUT2D eigenvalue weighted by Gasteiger charge is 2.36. The van der Waals surface area contributed by atoms with Crippen molar-refractivity contribution < 1.29 is 14.1 Å². The van der Waals surface area contributed by atoms with Gasteiger partial charge in [0, 0.05) is 13.1 Å². The van der Waals surface area contributed by atoms with Gasteiger partial charge in [-0.15, -0.1) is 0 Å². The van der Waals surface area contributed by atoms with Gasteiger partial charge in [0.2, 0.25) is 5.89 Å². The molecule has 1 aliphatic rings. The predicted octanol–water partition coefficient (Wildman–Crippen LogP) is 2.11. The molecule has 3 rings (SSSR count). The van der Waals surface area contributed by atoms with Crippen molar-refractivity contribution in [1.82, 2.24) is 15.0 Å². The first-order valence-electron chi connectivity index (χ1n) is 6.48. The number of carbonyl (C=O) groups excluding carboxylic acids is 1. The molecular weight excluding hydrogens is 258 g/mol. The highest BCUT2D eigenvalue weighted by Crippen LogP contribution is 2.26. The zero-order valence-corrected chi connectivity index (χ0v) is 11.2. The van der Waals surface area contributed by atoms with Crippen molar-refractivity contribution in [2.45, 2.75) is 19.4 Å². The lowest BCUT2D eigenvalue weighted by molar-refractivity contribution is 0.0605. The number of nitrogens with zero attached hydrogens (tertiary/aromatic N) is 3. The van der Waals surface area contributed by atoms with E-state index in [1.165, 1.54) is 0 Å². The number of benzene rings is 1. The number of hydrogen-bond acceptors (Lipinski definition) is 5. The Morgan fingerprint density at radius 2 is 2.15 bits per heavy atom. The van der Waals surface area contributed by atoms with Crippen molar-refractivity contribution in [3.05, 3.63) is 47.6 Å². The lowest BCUT2D eigenvalue weighted by Gasteiger charge is -2.35. The number of hydrogen-bond donors (Lipinski definition) is 0. The third-order valence-electron chi connectivity index (χ3n) is 3.24. The molecular formula is C14H15N3O3. The number of rotatable bonds is 3. The summed E-state index contributed by atoms with van der Waals surface area (Å²) in [6.07, 6.45) is -0.304. The smallest absolute Gasteiger partial charge is 0.410 e. The molecule has 0 aliphatic carbocycles. The molecule has 6 heteroatoms. The van der Waals surface area contributed by atoms with E-state index in [9.17, 15) is 4.79 Å². The minimum atomic E-state index is -0.304. The summed E-state index contributed by atoms with van der Waals surface area (Å²) in [5.41, 5.74) is 0.977. The van der Waals surface area contributed by atoms with Crippen LogP contribution in [0.1, 0.15) is 23.2 Å². The van der Waals surface area contributed by atoms with Gasteiger partial charge in [-0.25, -0.2) is 4.79 Å². The van der Waals surface area contributed by atoms with Crippen LogP contribution in [0.4, 0.5) is 4.79 Å². The molecule has 0 saturated carbocycles. The highest BCUT2D eigenvalue weighted by molar-refractivity contribution is 5.69. The molecule has 1 aromatic heterocycles. The molecule has 6 nitrogen and oxygen atoms in total.